The maximum Gasteiger partial charge on any atom is 0.237 e. The number of nitrogens with two attached hydrogens (primary N) is 1. The lowest BCUT2D eigenvalue weighted by Gasteiger charge is -2.06. The zero-order valence-corrected chi connectivity index (χ0v) is 11.9. The molecule has 0 saturated heterocycles. The number of nitrogen functional groups attached to an aromatic ring is 1. The fourth-order valence-corrected chi connectivity index (χ4v) is 2.83. The molecular weight excluding hydrogens is 268 g/mol. The van der Waals surface area contributed by atoms with Crippen LogP contribution in [0.2, 0.25) is 0 Å². The first-order valence-corrected chi connectivity index (χ1v) is 7.05. The molecule has 1 aromatic heterocycles. The Morgan fingerprint density at radius 3 is 2.60 bits per heavy atom. The van der Waals surface area contributed by atoms with E-state index < -0.39 is 0 Å². The average Bonchev–Trinajstić information content (AvgIpc) is 2.49. The molecule has 100 valence electrons. The highest BCUT2D eigenvalue weighted by atomic mass is 32.2. The fourth-order valence-electron chi connectivity index (χ4n) is 2.01. The van der Waals surface area contributed by atoms with Gasteiger partial charge in [-0.25, -0.2) is 4.98 Å². The number of hydrogen-bond acceptors (Lipinski definition) is 4. The summed E-state index contributed by atoms with van der Waals surface area (Å²) in [5, 5.41) is 3.32. The monoisotopic (exact) mass is 282 g/mol. The summed E-state index contributed by atoms with van der Waals surface area (Å²) in [5.74, 6) is 0.468. The Kier molecular flexibility index (Phi) is 3.48. The number of pyridine rings is 1. The number of fused-ring (bicyclic) bond motifs is 1. The molecule has 4 heteroatoms. The van der Waals surface area contributed by atoms with Crippen LogP contribution in [-0.2, 0) is 0 Å². The van der Waals surface area contributed by atoms with Crippen molar-refractivity contribution in [3.05, 3.63) is 54.6 Å². The van der Waals surface area contributed by atoms with Gasteiger partial charge in [0.2, 0.25) is 5.88 Å². The highest BCUT2D eigenvalue weighted by Gasteiger charge is 2.05. The Balaban J connectivity index is 1.92. The molecule has 0 amide bonds. The zero-order chi connectivity index (χ0) is 13.9. The van der Waals surface area contributed by atoms with Crippen LogP contribution in [0.3, 0.4) is 0 Å². The predicted octanol–water partition coefficient (Wildman–Crippen LogP) is 3.98. The van der Waals surface area contributed by atoms with E-state index in [9.17, 15) is 0 Å². The van der Waals surface area contributed by atoms with Crippen LogP contribution in [-0.4, -0.2) is 12.1 Å². The van der Waals surface area contributed by atoms with Crippen molar-refractivity contribution in [3.63, 3.8) is 0 Å². The molecule has 3 nitrogen and oxygen atoms in total. The van der Waals surface area contributed by atoms with Gasteiger partial charge < -0.3 is 10.5 Å². The molecule has 0 saturated carbocycles. The van der Waals surface area contributed by atoms with Crippen molar-refractivity contribution in [2.75, 3.05) is 12.8 Å². The van der Waals surface area contributed by atoms with Gasteiger partial charge in [0.05, 0.1) is 12.8 Å². The van der Waals surface area contributed by atoms with E-state index in [1.54, 1.807) is 18.9 Å². The summed E-state index contributed by atoms with van der Waals surface area (Å²) < 4.78 is 5.14. The second-order valence-corrected chi connectivity index (χ2v) is 5.45. The van der Waals surface area contributed by atoms with Gasteiger partial charge >= 0.3 is 0 Å². The Bertz CT molecular complexity index is 758. The van der Waals surface area contributed by atoms with Crippen LogP contribution in [0.5, 0.6) is 5.88 Å². The van der Waals surface area contributed by atoms with Gasteiger partial charge in [0.15, 0.2) is 0 Å². The van der Waals surface area contributed by atoms with E-state index in [1.807, 2.05) is 24.3 Å². The Labute approximate surface area is 121 Å². The first-order chi connectivity index (χ1) is 9.76. The standard InChI is InChI=1S/C16H14N2OS/c1-19-16-14(17)8-9-15(18-16)20-13-7-6-11-4-2-3-5-12(11)10-13/h2-10H,17H2,1H3. The van der Waals surface area contributed by atoms with Gasteiger partial charge in [0.1, 0.15) is 5.03 Å². The topological polar surface area (TPSA) is 48.1 Å². The van der Waals surface area contributed by atoms with Crippen molar-refractivity contribution in [3.8, 4) is 5.88 Å². The second-order valence-electron chi connectivity index (χ2n) is 4.36. The molecule has 0 atom stereocenters. The molecule has 2 N–H and O–H groups in total. The third-order valence-electron chi connectivity index (χ3n) is 3.00. The van der Waals surface area contributed by atoms with Crippen molar-refractivity contribution >= 4 is 28.2 Å². The molecule has 0 bridgehead atoms. The summed E-state index contributed by atoms with van der Waals surface area (Å²) in [5.41, 5.74) is 6.32. The molecule has 0 unspecified atom stereocenters. The molecule has 0 fully saturated rings. The van der Waals surface area contributed by atoms with Crippen LogP contribution in [0.1, 0.15) is 0 Å². The van der Waals surface area contributed by atoms with Gasteiger partial charge in [-0.1, -0.05) is 42.1 Å². The first-order valence-electron chi connectivity index (χ1n) is 6.23. The SMILES string of the molecule is COc1nc(Sc2ccc3ccccc3c2)ccc1N. The quantitative estimate of drug-likeness (QED) is 0.789. The largest absolute Gasteiger partial charge is 0.480 e. The number of aromatic nitrogens is 1. The number of hydrogen-bond donors (Lipinski definition) is 1. The van der Waals surface area contributed by atoms with E-state index in [4.69, 9.17) is 10.5 Å². The van der Waals surface area contributed by atoms with E-state index >= 15 is 0 Å². The van der Waals surface area contributed by atoms with Crippen LogP contribution in [0.15, 0.2) is 64.5 Å². The molecule has 0 radical (unpaired) electrons. The lowest BCUT2D eigenvalue weighted by Crippen LogP contribution is -1.95. The molecule has 2 aromatic carbocycles. The van der Waals surface area contributed by atoms with Gasteiger partial charge in [-0.2, -0.15) is 0 Å². The van der Waals surface area contributed by atoms with Gasteiger partial charge in [0, 0.05) is 4.90 Å². The summed E-state index contributed by atoms with van der Waals surface area (Å²) in [6, 6.07) is 18.4. The summed E-state index contributed by atoms with van der Waals surface area (Å²) in [7, 11) is 1.57. The van der Waals surface area contributed by atoms with E-state index in [0.717, 1.165) is 9.92 Å². The minimum atomic E-state index is 0.468. The van der Waals surface area contributed by atoms with E-state index in [-0.39, 0.29) is 0 Å². The van der Waals surface area contributed by atoms with Crippen molar-refractivity contribution in [2.24, 2.45) is 0 Å². The minimum Gasteiger partial charge on any atom is -0.480 e. The van der Waals surface area contributed by atoms with Crippen LogP contribution in [0.4, 0.5) is 5.69 Å². The molecule has 0 aliphatic heterocycles. The van der Waals surface area contributed by atoms with Gasteiger partial charge in [0.25, 0.3) is 0 Å². The molecule has 0 aliphatic carbocycles. The third kappa shape index (κ3) is 2.56. The normalized spacial score (nSPS) is 10.7. The summed E-state index contributed by atoms with van der Waals surface area (Å²) in [6.07, 6.45) is 0. The highest BCUT2D eigenvalue weighted by molar-refractivity contribution is 7.99. The van der Waals surface area contributed by atoms with Crippen LogP contribution in [0.25, 0.3) is 10.8 Å². The number of methoxy groups -OCH3 is 1. The van der Waals surface area contributed by atoms with E-state index in [1.165, 1.54) is 10.8 Å². The Morgan fingerprint density at radius 1 is 1.00 bits per heavy atom. The maximum absolute atomic E-state index is 5.77. The van der Waals surface area contributed by atoms with Crippen molar-refractivity contribution < 1.29 is 4.74 Å². The number of ether oxygens (including phenoxy) is 1. The van der Waals surface area contributed by atoms with Crippen molar-refractivity contribution in [2.45, 2.75) is 9.92 Å². The summed E-state index contributed by atoms with van der Waals surface area (Å²) in [6.45, 7) is 0. The molecule has 0 aliphatic rings. The lowest BCUT2D eigenvalue weighted by molar-refractivity contribution is 0.397. The average molecular weight is 282 g/mol. The third-order valence-corrected chi connectivity index (χ3v) is 3.93. The van der Waals surface area contributed by atoms with Gasteiger partial charge in [-0.15, -0.1) is 0 Å². The van der Waals surface area contributed by atoms with E-state index in [2.05, 4.69) is 35.3 Å². The Hall–Kier alpha value is -2.20. The number of benzene rings is 2. The van der Waals surface area contributed by atoms with Gasteiger partial charge in [-0.3, -0.25) is 0 Å². The summed E-state index contributed by atoms with van der Waals surface area (Å²) in [4.78, 5) is 5.52. The maximum atomic E-state index is 5.77. The Morgan fingerprint density at radius 2 is 1.80 bits per heavy atom. The van der Waals surface area contributed by atoms with Crippen LogP contribution in [0, 0.1) is 0 Å². The molecule has 3 aromatic rings. The first kappa shape index (κ1) is 12.8. The molecule has 3 rings (SSSR count). The number of nitrogens with zero attached hydrogens (tertiary/aromatic N) is 1. The number of anilines is 1. The molecular formula is C16H14N2OS. The number of rotatable bonds is 3. The molecule has 20 heavy (non-hydrogen) atoms. The predicted molar refractivity (Wildman–Crippen MR) is 83.3 cm³/mol. The fraction of sp³-hybridized carbons (Fsp3) is 0.0625. The van der Waals surface area contributed by atoms with Crippen molar-refractivity contribution in [1.82, 2.24) is 4.98 Å². The van der Waals surface area contributed by atoms with Crippen molar-refractivity contribution in [1.29, 1.82) is 0 Å². The second kappa shape index (κ2) is 5.43. The summed E-state index contributed by atoms with van der Waals surface area (Å²) >= 11 is 1.59. The zero-order valence-electron chi connectivity index (χ0n) is 11.0. The minimum absolute atomic E-state index is 0.468. The van der Waals surface area contributed by atoms with E-state index in [0.29, 0.717) is 11.6 Å². The molecule has 0 spiro atoms. The van der Waals surface area contributed by atoms with Crippen LogP contribution >= 0.6 is 11.8 Å². The smallest absolute Gasteiger partial charge is 0.237 e. The molecule has 1 heterocycles. The van der Waals surface area contributed by atoms with Gasteiger partial charge in [-0.05, 0) is 35.0 Å². The lowest BCUT2D eigenvalue weighted by atomic mass is 10.1. The van der Waals surface area contributed by atoms with Crippen LogP contribution < -0.4 is 10.5 Å². The highest BCUT2D eigenvalue weighted by Crippen LogP contribution is 2.31.